The summed E-state index contributed by atoms with van der Waals surface area (Å²) >= 11 is 5.36. The Balaban J connectivity index is 0.000000140. The van der Waals surface area contributed by atoms with Gasteiger partial charge in [0.05, 0.1) is 0 Å². The van der Waals surface area contributed by atoms with Gasteiger partial charge in [0.15, 0.2) is 0 Å². The average Bonchev–Trinajstić information content (AvgIpc) is 2.83. The summed E-state index contributed by atoms with van der Waals surface area (Å²) in [5.41, 5.74) is 3.72. The Labute approximate surface area is 187 Å². The maximum absolute atomic E-state index is 10.9. The van der Waals surface area contributed by atoms with Crippen LogP contribution in [0.5, 0.6) is 0 Å². The topological polar surface area (TPSA) is 17.1 Å². The summed E-state index contributed by atoms with van der Waals surface area (Å²) < 4.78 is 0. The molecule has 0 radical (unpaired) electrons. The molecule has 1 nitrogen and oxygen atoms in total. The van der Waals surface area contributed by atoms with Gasteiger partial charge in [-0.05, 0) is 92.9 Å². The molecule has 0 unspecified atom stereocenters. The lowest BCUT2D eigenvalue weighted by molar-refractivity contribution is 0.108. The highest BCUT2D eigenvalue weighted by Gasteiger charge is 2.13. The molecule has 0 N–H and O–H groups in total. The molecule has 31 heavy (non-hydrogen) atoms. The third-order valence-electron chi connectivity index (χ3n) is 6.23. The van der Waals surface area contributed by atoms with Crippen molar-refractivity contribution in [1.82, 2.24) is 0 Å². The molecular weight excluding hydrogens is 400 g/mol. The van der Waals surface area contributed by atoms with Gasteiger partial charge in [0, 0.05) is 5.56 Å². The molecule has 0 saturated heterocycles. The molecule has 5 aromatic rings. The van der Waals surface area contributed by atoms with Gasteiger partial charge in [-0.3, -0.25) is 4.79 Å². The molecule has 1 aliphatic carbocycles. The zero-order valence-electron chi connectivity index (χ0n) is 17.3. The highest BCUT2D eigenvalue weighted by Crippen LogP contribution is 2.33. The van der Waals surface area contributed by atoms with Crippen LogP contribution in [0.15, 0.2) is 91.0 Å². The largest absolute Gasteiger partial charge is 0.276 e. The molecule has 0 heterocycles. The van der Waals surface area contributed by atoms with Crippen molar-refractivity contribution in [1.29, 1.82) is 0 Å². The number of rotatable bonds is 1. The summed E-state index contributed by atoms with van der Waals surface area (Å²) in [5.74, 6) is 0. The normalized spacial score (nSPS) is 12.9. The molecule has 0 saturated carbocycles. The minimum absolute atomic E-state index is 0.411. The van der Waals surface area contributed by atoms with E-state index in [1.165, 1.54) is 47.2 Å². The Hall–Kier alpha value is -3.16. The number of hydrogen-bond acceptors (Lipinski definition) is 1. The Bertz CT molecular complexity index is 1420. The summed E-state index contributed by atoms with van der Waals surface area (Å²) in [5, 5.41) is 7.38. The lowest BCUT2D eigenvalue weighted by Gasteiger charge is -2.18. The summed E-state index contributed by atoms with van der Waals surface area (Å²) in [6, 6.07) is 31.2. The second-order valence-electron chi connectivity index (χ2n) is 8.13. The van der Waals surface area contributed by atoms with E-state index in [1.807, 2.05) is 30.3 Å². The summed E-state index contributed by atoms with van der Waals surface area (Å²) in [6.07, 6.45) is 5.22. The number of fused-ring (bicyclic) bond motifs is 6. The van der Waals surface area contributed by atoms with E-state index in [-0.39, 0.29) is 0 Å². The van der Waals surface area contributed by atoms with Gasteiger partial charge in [0.25, 0.3) is 5.24 Å². The van der Waals surface area contributed by atoms with Crippen LogP contribution in [0, 0.1) is 0 Å². The fourth-order valence-corrected chi connectivity index (χ4v) is 4.77. The van der Waals surface area contributed by atoms with E-state index in [0.29, 0.717) is 5.56 Å². The molecule has 5 aromatic carbocycles. The predicted molar refractivity (Wildman–Crippen MR) is 132 cm³/mol. The zero-order valence-corrected chi connectivity index (χ0v) is 18.0. The van der Waals surface area contributed by atoms with Gasteiger partial charge in [-0.2, -0.15) is 0 Å². The molecular formula is C29H23ClO. The van der Waals surface area contributed by atoms with Gasteiger partial charge in [-0.1, -0.05) is 78.9 Å². The van der Waals surface area contributed by atoms with Crippen LogP contribution in [0.4, 0.5) is 0 Å². The lowest BCUT2D eigenvalue weighted by Crippen LogP contribution is -2.02. The Morgan fingerprint density at radius 1 is 0.613 bits per heavy atom. The number of carbonyl (C=O) groups excluding carboxylic acids is 1. The van der Waals surface area contributed by atoms with Crippen molar-refractivity contribution < 1.29 is 4.79 Å². The van der Waals surface area contributed by atoms with E-state index in [0.717, 1.165) is 10.8 Å². The van der Waals surface area contributed by atoms with Crippen molar-refractivity contribution in [2.45, 2.75) is 25.7 Å². The van der Waals surface area contributed by atoms with E-state index in [1.54, 1.807) is 23.3 Å². The molecule has 0 amide bonds. The van der Waals surface area contributed by atoms with E-state index in [2.05, 4.69) is 48.5 Å². The van der Waals surface area contributed by atoms with Crippen LogP contribution in [0.1, 0.15) is 34.3 Å². The average molecular weight is 423 g/mol. The second-order valence-corrected chi connectivity index (χ2v) is 8.47. The quantitative estimate of drug-likeness (QED) is 0.197. The van der Waals surface area contributed by atoms with Crippen molar-refractivity contribution >= 4 is 49.2 Å². The maximum atomic E-state index is 10.9. The standard InChI is InChI=1S/C18H16.C11H7ClO/c1-3-7-15-13(5-1)9-11-18-16-8-4-2-6-14(16)10-12-17(15)18;12-11(13)10-6-5-8-3-1-2-4-9(8)7-10/h1,3,5,7,9-12H,2,4,6,8H2;1-7H. The summed E-state index contributed by atoms with van der Waals surface area (Å²) in [4.78, 5) is 10.9. The molecule has 0 atom stereocenters. The van der Waals surface area contributed by atoms with Crippen LogP contribution in [0.3, 0.4) is 0 Å². The molecule has 0 aliphatic heterocycles. The van der Waals surface area contributed by atoms with E-state index >= 15 is 0 Å². The molecule has 0 aromatic heterocycles. The summed E-state index contributed by atoms with van der Waals surface area (Å²) in [6.45, 7) is 0. The lowest BCUT2D eigenvalue weighted by atomic mass is 9.86. The molecule has 0 fully saturated rings. The van der Waals surface area contributed by atoms with Gasteiger partial charge in [0.1, 0.15) is 0 Å². The third-order valence-corrected chi connectivity index (χ3v) is 6.45. The first-order valence-electron chi connectivity index (χ1n) is 10.8. The van der Waals surface area contributed by atoms with Crippen LogP contribution >= 0.6 is 11.6 Å². The van der Waals surface area contributed by atoms with Crippen LogP contribution in [-0.4, -0.2) is 5.24 Å². The van der Waals surface area contributed by atoms with Crippen molar-refractivity contribution in [2.24, 2.45) is 0 Å². The van der Waals surface area contributed by atoms with Crippen LogP contribution < -0.4 is 0 Å². The molecule has 0 bridgehead atoms. The van der Waals surface area contributed by atoms with Gasteiger partial charge < -0.3 is 0 Å². The zero-order chi connectivity index (χ0) is 21.2. The Kier molecular flexibility index (Phi) is 5.44. The minimum Gasteiger partial charge on any atom is -0.276 e. The Morgan fingerprint density at radius 3 is 2.13 bits per heavy atom. The summed E-state index contributed by atoms with van der Waals surface area (Å²) in [7, 11) is 0. The van der Waals surface area contributed by atoms with Gasteiger partial charge in [0.2, 0.25) is 0 Å². The first kappa shape index (κ1) is 19.8. The smallest absolute Gasteiger partial charge is 0.252 e. The van der Waals surface area contributed by atoms with Crippen molar-refractivity contribution in [3.8, 4) is 0 Å². The first-order valence-corrected chi connectivity index (χ1v) is 11.2. The van der Waals surface area contributed by atoms with Gasteiger partial charge in [-0.15, -0.1) is 0 Å². The van der Waals surface area contributed by atoms with Gasteiger partial charge >= 0.3 is 0 Å². The van der Waals surface area contributed by atoms with Crippen molar-refractivity contribution in [3.05, 3.63) is 108 Å². The van der Waals surface area contributed by atoms with Crippen LogP contribution in [-0.2, 0) is 12.8 Å². The number of halogens is 1. The molecule has 6 rings (SSSR count). The van der Waals surface area contributed by atoms with E-state index in [9.17, 15) is 4.79 Å². The molecule has 152 valence electrons. The second kappa shape index (κ2) is 8.53. The van der Waals surface area contributed by atoms with Crippen molar-refractivity contribution in [2.75, 3.05) is 0 Å². The highest BCUT2D eigenvalue weighted by atomic mass is 35.5. The fourth-order valence-electron chi connectivity index (χ4n) is 4.65. The third kappa shape index (κ3) is 3.94. The van der Waals surface area contributed by atoms with Crippen LogP contribution in [0.2, 0.25) is 0 Å². The number of hydrogen-bond donors (Lipinski definition) is 0. The number of aryl methyl sites for hydroxylation is 2. The van der Waals surface area contributed by atoms with E-state index < -0.39 is 5.24 Å². The Morgan fingerprint density at radius 2 is 1.29 bits per heavy atom. The molecule has 0 spiro atoms. The minimum atomic E-state index is -0.411. The SMILES string of the molecule is O=C(Cl)c1ccc2ccccc2c1.c1ccc2c(c1)ccc1c3c(ccc12)CCCC3. The fraction of sp³-hybridized carbons (Fsp3) is 0.138. The van der Waals surface area contributed by atoms with E-state index in [4.69, 9.17) is 11.6 Å². The predicted octanol–water partition coefficient (Wildman–Crippen LogP) is 8.09. The number of carbonyl (C=O) groups is 1. The molecule has 1 aliphatic rings. The van der Waals surface area contributed by atoms with Crippen LogP contribution in [0.25, 0.3) is 32.3 Å². The molecule has 2 heteroatoms. The highest BCUT2D eigenvalue weighted by molar-refractivity contribution is 6.67. The monoisotopic (exact) mass is 422 g/mol. The number of benzene rings is 5. The van der Waals surface area contributed by atoms with Gasteiger partial charge in [-0.25, -0.2) is 0 Å². The van der Waals surface area contributed by atoms with Crippen molar-refractivity contribution in [3.63, 3.8) is 0 Å². The maximum Gasteiger partial charge on any atom is 0.252 e. The first-order chi connectivity index (χ1) is 15.2.